The third kappa shape index (κ3) is 2.13. The van der Waals surface area contributed by atoms with E-state index in [-0.39, 0.29) is 0 Å². The molecule has 1 fully saturated rings. The molecule has 0 unspecified atom stereocenters. The maximum absolute atomic E-state index is 11.3. The lowest BCUT2D eigenvalue weighted by Crippen LogP contribution is -2.51. The van der Waals surface area contributed by atoms with Crippen LogP contribution in [0.4, 0.5) is 5.69 Å². The molecule has 80 valence electrons. The van der Waals surface area contributed by atoms with Gasteiger partial charge in [0.2, 0.25) is 0 Å². The van der Waals surface area contributed by atoms with E-state index in [0.29, 0.717) is 11.6 Å². The van der Waals surface area contributed by atoms with Crippen LogP contribution in [0.2, 0.25) is 0 Å². The number of nitrogens with two attached hydrogens (primary N) is 1. The van der Waals surface area contributed by atoms with Crippen LogP contribution in [-0.4, -0.2) is 25.0 Å². The molecule has 1 aliphatic rings. The SMILES string of the molecule is NC(=O)c1c(Br)cccc1NC1CNC1. The number of nitrogens with one attached hydrogen (secondary N) is 2. The number of halogens is 1. The zero-order valence-corrected chi connectivity index (χ0v) is 9.67. The molecular weight excluding hydrogens is 258 g/mol. The van der Waals surface area contributed by atoms with Gasteiger partial charge in [-0.2, -0.15) is 0 Å². The van der Waals surface area contributed by atoms with Gasteiger partial charge in [-0.15, -0.1) is 0 Å². The number of anilines is 1. The second kappa shape index (κ2) is 4.20. The van der Waals surface area contributed by atoms with Gasteiger partial charge in [0.1, 0.15) is 0 Å². The molecule has 15 heavy (non-hydrogen) atoms. The first-order valence-corrected chi connectivity index (χ1v) is 5.53. The van der Waals surface area contributed by atoms with E-state index in [2.05, 4.69) is 26.6 Å². The average Bonchev–Trinajstić information content (AvgIpc) is 2.10. The minimum absolute atomic E-state index is 0.386. The van der Waals surface area contributed by atoms with Gasteiger partial charge >= 0.3 is 0 Å². The molecular formula is C10H12BrN3O. The van der Waals surface area contributed by atoms with E-state index < -0.39 is 5.91 Å². The van der Waals surface area contributed by atoms with Crippen LogP contribution in [0.3, 0.4) is 0 Å². The van der Waals surface area contributed by atoms with Gasteiger partial charge in [-0.25, -0.2) is 0 Å². The first-order valence-electron chi connectivity index (χ1n) is 4.74. The van der Waals surface area contributed by atoms with Crippen molar-refractivity contribution in [2.75, 3.05) is 18.4 Å². The number of carbonyl (C=O) groups excluding carboxylic acids is 1. The molecule has 0 aliphatic carbocycles. The summed E-state index contributed by atoms with van der Waals surface area (Å²) >= 11 is 3.32. The molecule has 2 rings (SSSR count). The van der Waals surface area contributed by atoms with Gasteiger partial charge < -0.3 is 16.4 Å². The Balaban J connectivity index is 2.27. The molecule has 1 saturated heterocycles. The minimum atomic E-state index is -0.419. The van der Waals surface area contributed by atoms with Gasteiger partial charge in [0.25, 0.3) is 5.91 Å². The maximum Gasteiger partial charge on any atom is 0.251 e. The van der Waals surface area contributed by atoms with E-state index in [1.165, 1.54) is 0 Å². The van der Waals surface area contributed by atoms with Crippen LogP contribution in [0.5, 0.6) is 0 Å². The Kier molecular flexibility index (Phi) is 2.93. The van der Waals surface area contributed by atoms with Crippen molar-refractivity contribution in [1.29, 1.82) is 0 Å². The molecule has 0 saturated carbocycles. The van der Waals surface area contributed by atoms with Gasteiger partial charge in [-0.1, -0.05) is 6.07 Å². The van der Waals surface area contributed by atoms with Gasteiger partial charge in [0, 0.05) is 23.2 Å². The minimum Gasteiger partial charge on any atom is -0.379 e. The molecule has 0 radical (unpaired) electrons. The van der Waals surface area contributed by atoms with Crippen molar-refractivity contribution >= 4 is 27.5 Å². The summed E-state index contributed by atoms with van der Waals surface area (Å²) in [5, 5.41) is 6.43. The molecule has 1 aliphatic heterocycles. The van der Waals surface area contributed by atoms with Crippen molar-refractivity contribution in [2.24, 2.45) is 5.73 Å². The molecule has 0 aromatic heterocycles. The molecule has 1 aromatic carbocycles. The van der Waals surface area contributed by atoms with Crippen molar-refractivity contribution in [1.82, 2.24) is 5.32 Å². The molecule has 0 spiro atoms. The van der Waals surface area contributed by atoms with E-state index >= 15 is 0 Å². The molecule has 1 heterocycles. The van der Waals surface area contributed by atoms with Crippen LogP contribution < -0.4 is 16.4 Å². The van der Waals surface area contributed by atoms with E-state index in [9.17, 15) is 4.79 Å². The van der Waals surface area contributed by atoms with Crippen LogP contribution in [0.15, 0.2) is 22.7 Å². The summed E-state index contributed by atoms with van der Waals surface area (Å²) in [4.78, 5) is 11.3. The number of primary amides is 1. The summed E-state index contributed by atoms with van der Waals surface area (Å²) in [6, 6.07) is 5.94. The highest BCUT2D eigenvalue weighted by atomic mass is 79.9. The number of hydrogen-bond acceptors (Lipinski definition) is 3. The quantitative estimate of drug-likeness (QED) is 0.765. The second-order valence-electron chi connectivity index (χ2n) is 3.53. The Morgan fingerprint density at radius 1 is 1.53 bits per heavy atom. The van der Waals surface area contributed by atoms with Crippen molar-refractivity contribution < 1.29 is 4.79 Å². The monoisotopic (exact) mass is 269 g/mol. The summed E-state index contributed by atoms with van der Waals surface area (Å²) < 4.78 is 0.729. The Hall–Kier alpha value is -1.07. The zero-order chi connectivity index (χ0) is 10.8. The zero-order valence-electron chi connectivity index (χ0n) is 8.09. The van der Waals surface area contributed by atoms with Crippen molar-refractivity contribution in [3.8, 4) is 0 Å². The highest BCUT2D eigenvalue weighted by Gasteiger charge is 2.19. The Labute approximate surface area is 96.4 Å². The van der Waals surface area contributed by atoms with Crippen molar-refractivity contribution in [2.45, 2.75) is 6.04 Å². The molecule has 0 atom stereocenters. The summed E-state index contributed by atoms with van der Waals surface area (Å²) in [5.74, 6) is -0.419. The molecule has 5 heteroatoms. The number of benzene rings is 1. The van der Waals surface area contributed by atoms with E-state index in [1.54, 1.807) is 0 Å². The second-order valence-corrected chi connectivity index (χ2v) is 4.38. The number of rotatable bonds is 3. The highest BCUT2D eigenvalue weighted by Crippen LogP contribution is 2.25. The number of hydrogen-bond donors (Lipinski definition) is 3. The highest BCUT2D eigenvalue weighted by molar-refractivity contribution is 9.10. The Morgan fingerprint density at radius 2 is 2.27 bits per heavy atom. The van der Waals surface area contributed by atoms with E-state index in [0.717, 1.165) is 23.2 Å². The molecule has 0 bridgehead atoms. The molecule has 4 nitrogen and oxygen atoms in total. The average molecular weight is 270 g/mol. The van der Waals surface area contributed by atoms with Crippen molar-refractivity contribution in [3.05, 3.63) is 28.2 Å². The van der Waals surface area contributed by atoms with Gasteiger partial charge in [0.05, 0.1) is 11.6 Å². The first kappa shape index (κ1) is 10.4. The predicted molar refractivity (Wildman–Crippen MR) is 62.9 cm³/mol. The summed E-state index contributed by atoms with van der Waals surface area (Å²) in [7, 11) is 0. The number of carbonyl (C=O) groups is 1. The lowest BCUT2D eigenvalue weighted by Gasteiger charge is -2.29. The topological polar surface area (TPSA) is 67.2 Å². The third-order valence-corrected chi connectivity index (χ3v) is 3.06. The van der Waals surface area contributed by atoms with Crippen LogP contribution in [0.25, 0.3) is 0 Å². The van der Waals surface area contributed by atoms with Crippen LogP contribution in [0, 0.1) is 0 Å². The largest absolute Gasteiger partial charge is 0.379 e. The lowest BCUT2D eigenvalue weighted by molar-refractivity contribution is 0.100. The summed E-state index contributed by atoms with van der Waals surface area (Å²) in [6.07, 6.45) is 0. The lowest BCUT2D eigenvalue weighted by atomic mass is 10.1. The number of amides is 1. The summed E-state index contributed by atoms with van der Waals surface area (Å²) in [6.45, 7) is 1.84. The van der Waals surface area contributed by atoms with Crippen LogP contribution in [0.1, 0.15) is 10.4 Å². The smallest absolute Gasteiger partial charge is 0.251 e. The first-order chi connectivity index (χ1) is 7.18. The standard InChI is InChI=1S/C10H12BrN3O/c11-7-2-1-3-8(9(7)10(12)15)14-6-4-13-5-6/h1-3,6,13-14H,4-5H2,(H2,12,15). The fourth-order valence-corrected chi connectivity index (χ4v) is 2.07. The van der Waals surface area contributed by atoms with Gasteiger partial charge in [0.15, 0.2) is 0 Å². The van der Waals surface area contributed by atoms with Crippen molar-refractivity contribution in [3.63, 3.8) is 0 Å². The fourth-order valence-electron chi connectivity index (χ4n) is 1.51. The maximum atomic E-state index is 11.3. The van der Waals surface area contributed by atoms with Crippen LogP contribution >= 0.6 is 15.9 Å². The molecule has 1 aromatic rings. The van der Waals surface area contributed by atoms with E-state index in [1.807, 2.05) is 18.2 Å². The Bertz CT molecular complexity index is 390. The molecule has 4 N–H and O–H groups in total. The predicted octanol–water partition coefficient (Wildman–Crippen LogP) is 0.932. The van der Waals surface area contributed by atoms with Gasteiger partial charge in [-0.3, -0.25) is 4.79 Å². The fraction of sp³-hybridized carbons (Fsp3) is 0.300. The van der Waals surface area contributed by atoms with E-state index in [4.69, 9.17) is 5.73 Å². The Morgan fingerprint density at radius 3 is 2.80 bits per heavy atom. The summed E-state index contributed by atoms with van der Waals surface area (Å²) in [5.41, 5.74) is 6.64. The molecule has 1 amide bonds. The van der Waals surface area contributed by atoms with Crippen LogP contribution in [-0.2, 0) is 0 Å². The third-order valence-electron chi connectivity index (χ3n) is 2.40. The normalized spacial score (nSPS) is 15.8. The van der Waals surface area contributed by atoms with Gasteiger partial charge in [-0.05, 0) is 28.1 Å².